The van der Waals surface area contributed by atoms with Crippen LogP contribution in [-0.2, 0) is 43.1 Å². The lowest BCUT2D eigenvalue weighted by Crippen LogP contribution is -2.36. The summed E-state index contributed by atoms with van der Waals surface area (Å²) in [6.45, 7) is -0.603. The Labute approximate surface area is 223 Å². The summed E-state index contributed by atoms with van der Waals surface area (Å²) in [5.74, 6) is 0. The number of benzene rings is 1. The van der Waals surface area contributed by atoms with Gasteiger partial charge in [0.15, 0.2) is 12.5 Å². The maximum atomic E-state index is 12.5. The van der Waals surface area contributed by atoms with E-state index < -0.39 is 70.4 Å². The van der Waals surface area contributed by atoms with Crippen molar-refractivity contribution in [3.8, 4) is 0 Å². The molecule has 7 atom stereocenters. The Hall–Kier alpha value is -1.96. The second-order valence-corrected chi connectivity index (χ2v) is 12.6. The molecule has 2 saturated heterocycles. The van der Waals surface area contributed by atoms with Gasteiger partial charge in [0.1, 0.15) is 18.3 Å². The van der Waals surface area contributed by atoms with Crippen molar-refractivity contribution in [3.63, 3.8) is 0 Å². The number of aromatic nitrogens is 2. The van der Waals surface area contributed by atoms with Gasteiger partial charge in [-0.25, -0.2) is 13.9 Å². The molecule has 2 aromatic rings. The highest BCUT2D eigenvalue weighted by Gasteiger charge is 2.54. The number of fused-ring (bicyclic) bond motifs is 1. The molecule has 0 amide bonds. The zero-order valence-corrected chi connectivity index (χ0v) is 22.6. The zero-order chi connectivity index (χ0) is 27.6. The van der Waals surface area contributed by atoms with Crippen molar-refractivity contribution < 1.29 is 46.5 Å². The lowest BCUT2D eigenvalue weighted by Gasteiger charge is -2.25. The lowest BCUT2D eigenvalue weighted by molar-refractivity contribution is -0.150. The maximum Gasteiger partial charge on any atom is 0.481 e. The molecule has 14 nitrogen and oxygen atoms in total. The minimum absolute atomic E-state index is 0.377. The molecule has 1 aromatic carbocycles. The van der Waals surface area contributed by atoms with Crippen LogP contribution >= 0.6 is 15.6 Å². The van der Waals surface area contributed by atoms with Gasteiger partial charge in [-0.2, -0.15) is 4.31 Å². The SMILES string of the molecule is O=c1ccn([C@@H]2O[C@H](COP(=O)(O)OP(=O)(O)OC3CCCCC3)C3OC(Cc4ccccc4)O[C@@H]32)c(=O)[nH]1. The van der Waals surface area contributed by atoms with E-state index in [2.05, 4.69) is 9.29 Å². The third-order valence-electron chi connectivity index (χ3n) is 6.72. The topological polar surface area (TPSA) is 185 Å². The quantitative estimate of drug-likeness (QED) is 0.345. The zero-order valence-electron chi connectivity index (χ0n) is 20.8. The van der Waals surface area contributed by atoms with Gasteiger partial charge in [-0.15, -0.1) is 0 Å². The summed E-state index contributed by atoms with van der Waals surface area (Å²) in [7, 11) is -9.98. The largest absolute Gasteiger partial charge is 0.481 e. The van der Waals surface area contributed by atoms with Gasteiger partial charge in [0, 0.05) is 18.7 Å². The van der Waals surface area contributed by atoms with Crippen LogP contribution in [0.2, 0.25) is 0 Å². The van der Waals surface area contributed by atoms with Crippen molar-refractivity contribution in [1.82, 2.24) is 9.55 Å². The van der Waals surface area contributed by atoms with Crippen LogP contribution in [0.5, 0.6) is 0 Å². The van der Waals surface area contributed by atoms with Crippen molar-refractivity contribution in [2.45, 2.75) is 75.5 Å². The standard InChI is InChI=1S/C23H30N2O12P2/c26-18-11-12-25(23(27)24-18)22-21-20(34-19(35-21)13-15-7-3-1-4-8-15)17(33-22)14-32-38(28,29)37-39(30,31)36-16-9-5-2-6-10-16/h1,3-4,7-8,11-12,16-17,19-22H,2,5-6,9-10,13-14H2,(H,28,29)(H,30,31)(H,24,26,27)/t17-,19?,20?,21+,22-/m1/s1. The second-order valence-electron chi connectivity index (χ2n) is 9.58. The van der Waals surface area contributed by atoms with Gasteiger partial charge in [0.25, 0.3) is 5.56 Å². The number of rotatable bonds is 10. The van der Waals surface area contributed by atoms with E-state index in [0.29, 0.717) is 19.3 Å². The predicted molar refractivity (Wildman–Crippen MR) is 134 cm³/mol. The minimum Gasteiger partial charge on any atom is -0.346 e. The molecule has 39 heavy (non-hydrogen) atoms. The number of aromatic amines is 1. The molecule has 16 heteroatoms. The first kappa shape index (κ1) is 28.6. The number of hydrogen-bond donors (Lipinski definition) is 3. The van der Waals surface area contributed by atoms with Gasteiger partial charge in [-0.3, -0.25) is 23.4 Å². The number of phosphoric acid groups is 2. The maximum absolute atomic E-state index is 12.5. The van der Waals surface area contributed by atoms with Crippen LogP contribution in [0.3, 0.4) is 0 Å². The summed E-state index contributed by atoms with van der Waals surface area (Å²) in [5.41, 5.74) is -0.419. The average Bonchev–Trinajstić information content (AvgIpc) is 3.42. The Kier molecular flexibility index (Phi) is 8.70. The molecule has 214 valence electrons. The summed E-state index contributed by atoms with van der Waals surface area (Å²) in [5, 5.41) is 0. The van der Waals surface area contributed by atoms with Gasteiger partial charge in [-0.05, 0) is 18.4 Å². The fourth-order valence-corrected chi connectivity index (χ4v) is 7.30. The lowest BCUT2D eigenvalue weighted by atomic mass is 9.98. The Morgan fingerprint density at radius 3 is 2.38 bits per heavy atom. The van der Waals surface area contributed by atoms with Crippen LogP contribution < -0.4 is 11.2 Å². The first-order chi connectivity index (χ1) is 18.6. The summed E-state index contributed by atoms with van der Waals surface area (Å²) in [4.78, 5) is 46.3. The van der Waals surface area contributed by atoms with Crippen molar-refractivity contribution >= 4 is 15.6 Å². The van der Waals surface area contributed by atoms with Crippen LogP contribution in [0.25, 0.3) is 0 Å². The van der Waals surface area contributed by atoms with Gasteiger partial charge >= 0.3 is 21.3 Å². The molecular weight excluding hydrogens is 558 g/mol. The molecule has 3 aliphatic rings. The minimum atomic E-state index is -5.08. The monoisotopic (exact) mass is 588 g/mol. The second kappa shape index (κ2) is 11.9. The van der Waals surface area contributed by atoms with E-state index in [1.807, 2.05) is 30.3 Å². The normalized spacial score (nSPS) is 30.5. The van der Waals surface area contributed by atoms with Crippen LogP contribution in [-0.4, -0.2) is 56.7 Å². The highest BCUT2D eigenvalue weighted by Crippen LogP contribution is 2.61. The van der Waals surface area contributed by atoms with Crippen molar-refractivity contribution in [1.29, 1.82) is 0 Å². The van der Waals surface area contributed by atoms with Crippen molar-refractivity contribution in [2.24, 2.45) is 0 Å². The molecule has 3 N–H and O–H groups in total. The van der Waals surface area contributed by atoms with Gasteiger partial charge < -0.3 is 24.0 Å². The predicted octanol–water partition coefficient (Wildman–Crippen LogP) is 2.37. The Balaban J connectivity index is 1.27. The molecule has 3 fully saturated rings. The van der Waals surface area contributed by atoms with E-state index in [1.54, 1.807) is 0 Å². The summed E-state index contributed by atoms with van der Waals surface area (Å²) in [6, 6.07) is 10.5. The molecule has 3 heterocycles. The van der Waals surface area contributed by atoms with Gasteiger partial charge in [0.2, 0.25) is 0 Å². The molecule has 0 radical (unpaired) electrons. The van der Waals surface area contributed by atoms with E-state index in [9.17, 15) is 28.5 Å². The number of ether oxygens (including phenoxy) is 3. The number of nitrogens with zero attached hydrogens (tertiary/aromatic N) is 1. The molecule has 1 aromatic heterocycles. The fourth-order valence-electron chi connectivity index (χ4n) is 4.99. The smallest absolute Gasteiger partial charge is 0.346 e. The molecule has 2 aliphatic heterocycles. The van der Waals surface area contributed by atoms with Crippen LogP contribution in [0, 0.1) is 0 Å². The van der Waals surface area contributed by atoms with E-state index in [0.717, 1.165) is 35.5 Å². The van der Waals surface area contributed by atoms with Gasteiger partial charge in [-0.1, -0.05) is 49.6 Å². The molecular formula is C23H30N2O12P2. The number of phosphoric ester groups is 2. The third kappa shape index (κ3) is 7.22. The number of nitrogens with one attached hydrogen (secondary N) is 1. The van der Waals surface area contributed by atoms with Crippen LogP contribution in [0.15, 0.2) is 52.2 Å². The fraction of sp³-hybridized carbons (Fsp3) is 0.565. The van der Waals surface area contributed by atoms with E-state index in [-0.39, 0.29) is 0 Å². The number of H-pyrrole nitrogens is 1. The van der Waals surface area contributed by atoms with Crippen molar-refractivity contribution in [2.75, 3.05) is 6.61 Å². The van der Waals surface area contributed by atoms with E-state index in [4.69, 9.17) is 23.3 Å². The molecule has 0 bridgehead atoms. The van der Waals surface area contributed by atoms with E-state index in [1.165, 1.54) is 6.20 Å². The third-order valence-corrected chi connectivity index (χ3v) is 9.41. The Bertz CT molecular complexity index is 1340. The van der Waals surface area contributed by atoms with Crippen LogP contribution in [0.1, 0.15) is 43.9 Å². The highest BCUT2D eigenvalue weighted by molar-refractivity contribution is 7.61. The average molecular weight is 588 g/mol. The first-order valence-electron chi connectivity index (χ1n) is 12.6. The highest BCUT2D eigenvalue weighted by atomic mass is 31.3. The summed E-state index contributed by atoms with van der Waals surface area (Å²) >= 11 is 0. The van der Waals surface area contributed by atoms with Gasteiger partial charge in [0.05, 0.1) is 12.7 Å². The van der Waals surface area contributed by atoms with E-state index >= 15 is 0 Å². The van der Waals surface area contributed by atoms with Crippen LogP contribution in [0.4, 0.5) is 0 Å². The summed E-state index contributed by atoms with van der Waals surface area (Å²) in [6.07, 6.45) is 0.219. The Morgan fingerprint density at radius 1 is 0.949 bits per heavy atom. The molecule has 5 rings (SSSR count). The molecule has 1 aliphatic carbocycles. The first-order valence-corrected chi connectivity index (χ1v) is 15.6. The molecule has 0 spiro atoms. The van der Waals surface area contributed by atoms with Crippen molar-refractivity contribution in [3.05, 3.63) is 69.0 Å². The molecule has 4 unspecified atom stereocenters. The molecule has 1 saturated carbocycles. The Morgan fingerprint density at radius 2 is 1.67 bits per heavy atom. The summed E-state index contributed by atoms with van der Waals surface area (Å²) < 4.78 is 58.5. The number of hydrogen-bond acceptors (Lipinski definition) is 10.